The fraction of sp³-hybridized carbons (Fsp3) is 0.688. The molecule has 3 nitrogen and oxygen atoms in total. The lowest BCUT2D eigenvalue weighted by atomic mass is 9.99. The van der Waals surface area contributed by atoms with Gasteiger partial charge >= 0.3 is 0 Å². The third kappa shape index (κ3) is 3.07. The maximum absolute atomic E-state index is 12.5. The van der Waals surface area contributed by atoms with E-state index in [2.05, 4.69) is 34.2 Å². The number of piperidine rings is 1. The number of hydrogen-bond donors (Lipinski definition) is 0. The lowest BCUT2D eigenvalue weighted by Gasteiger charge is -2.32. The van der Waals surface area contributed by atoms with Crippen LogP contribution >= 0.6 is 11.3 Å². The molecule has 3 rings (SSSR count). The first kappa shape index (κ1) is 14.1. The van der Waals surface area contributed by atoms with Crippen molar-refractivity contribution in [2.45, 2.75) is 38.6 Å². The second-order valence-corrected chi connectivity index (χ2v) is 7.19. The van der Waals surface area contributed by atoms with Gasteiger partial charge in [0, 0.05) is 24.0 Å². The molecule has 110 valence electrons. The number of carbonyl (C=O) groups is 1. The Morgan fingerprint density at radius 3 is 2.80 bits per heavy atom. The van der Waals surface area contributed by atoms with Crippen molar-refractivity contribution < 1.29 is 4.79 Å². The Labute approximate surface area is 125 Å². The average Bonchev–Trinajstić information content (AvgIpc) is 3.09. The summed E-state index contributed by atoms with van der Waals surface area (Å²) in [6.45, 7) is 5.87. The first-order valence-corrected chi connectivity index (χ1v) is 8.67. The summed E-state index contributed by atoms with van der Waals surface area (Å²) in [7, 11) is 0. The van der Waals surface area contributed by atoms with E-state index in [0.717, 1.165) is 25.6 Å². The van der Waals surface area contributed by atoms with Crippen LogP contribution in [-0.2, 0) is 4.79 Å². The van der Waals surface area contributed by atoms with Crippen LogP contribution in [-0.4, -0.2) is 41.9 Å². The lowest BCUT2D eigenvalue weighted by Crippen LogP contribution is -2.43. The van der Waals surface area contributed by atoms with Gasteiger partial charge in [0.2, 0.25) is 5.91 Å². The summed E-state index contributed by atoms with van der Waals surface area (Å²) in [6, 6.07) is 4.80. The van der Waals surface area contributed by atoms with Gasteiger partial charge in [-0.3, -0.25) is 9.69 Å². The molecule has 0 aromatic carbocycles. The summed E-state index contributed by atoms with van der Waals surface area (Å²) in [5.74, 6) is 1.12. The van der Waals surface area contributed by atoms with Crippen molar-refractivity contribution in [3.05, 3.63) is 22.4 Å². The molecule has 0 bridgehead atoms. The zero-order chi connectivity index (χ0) is 13.9. The van der Waals surface area contributed by atoms with E-state index in [4.69, 9.17) is 0 Å². The zero-order valence-electron chi connectivity index (χ0n) is 12.3. The van der Waals surface area contributed by atoms with Crippen molar-refractivity contribution in [2.75, 3.05) is 26.2 Å². The maximum atomic E-state index is 12.5. The van der Waals surface area contributed by atoms with E-state index in [9.17, 15) is 4.79 Å². The van der Waals surface area contributed by atoms with Crippen molar-refractivity contribution in [1.82, 2.24) is 9.80 Å². The summed E-state index contributed by atoms with van der Waals surface area (Å²) in [5, 5.41) is 2.14. The van der Waals surface area contributed by atoms with Crippen molar-refractivity contribution >= 4 is 17.2 Å². The molecule has 1 amide bonds. The van der Waals surface area contributed by atoms with Crippen LogP contribution in [0.5, 0.6) is 0 Å². The van der Waals surface area contributed by atoms with Crippen molar-refractivity contribution in [1.29, 1.82) is 0 Å². The lowest BCUT2D eigenvalue weighted by molar-refractivity contribution is -0.134. The molecule has 0 N–H and O–H groups in total. The number of thiophene rings is 1. The standard InChI is InChI=1S/C16H24N2OS/c1-13-6-9-17(10-7-13)16(19)12-18-8-2-4-14(18)15-5-3-11-20-15/h3,5,11,13-14H,2,4,6-10,12H2,1H3. The maximum Gasteiger partial charge on any atom is 0.236 e. The van der Waals surface area contributed by atoms with E-state index < -0.39 is 0 Å². The minimum Gasteiger partial charge on any atom is -0.342 e. The highest BCUT2D eigenvalue weighted by Crippen LogP contribution is 2.34. The van der Waals surface area contributed by atoms with Crippen LogP contribution in [0.3, 0.4) is 0 Å². The molecule has 0 spiro atoms. The quantitative estimate of drug-likeness (QED) is 0.854. The van der Waals surface area contributed by atoms with Gasteiger partial charge in [-0.05, 0) is 49.6 Å². The summed E-state index contributed by atoms with van der Waals surface area (Å²) < 4.78 is 0. The van der Waals surface area contributed by atoms with Crippen LogP contribution < -0.4 is 0 Å². The Morgan fingerprint density at radius 1 is 1.30 bits per heavy atom. The highest BCUT2D eigenvalue weighted by atomic mass is 32.1. The fourth-order valence-electron chi connectivity index (χ4n) is 3.35. The summed E-state index contributed by atoms with van der Waals surface area (Å²) in [4.78, 5) is 18.3. The van der Waals surface area contributed by atoms with Crippen LogP contribution in [0.4, 0.5) is 0 Å². The molecule has 0 aliphatic carbocycles. The predicted octanol–water partition coefficient (Wildman–Crippen LogP) is 3.14. The number of rotatable bonds is 3. The van der Waals surface area contributed by atoms with Crippen LogP contribution in [0.15, 0.2) is 17.5 Å². The van der Waals surface area contributed by atoms with Gasteiger partial charge in [-0.2, -0.15) is 0 Å². The van der Waals surface area contributed by atoms with Crippen LogP contribution in [0.2, 0.25) is 0 Å². The topological polar surface area (TPSA) is 23.6 Å². The summed E-state index contributed by atoms with van der Waals surface area (Å²) >= 11 is 1.82. The highest BCUT2D eigenvalue weighted by molar-refractivity contribution is 7.10. The first-order chi connectivity index (χ1) is 9.74. The minimum atomic E-state index is 0.334. The minimum absolute atomic E-state index is 0.334. The Hall–Kier alpha value is -0.870. The summed E-state index contributed by atoms with van der Waals surface area (Å²) in [6.07, 6.45) is 4.75. The molecule has 2 fully saturated rings. The van der Waals surface area contributed by atoms with Crippen molar-refractivity contribution in [3.8, 4) is 0 Å². The van der Waals surface area contributed by atoms with Gasteiger partial charge in [0.25, 0.3) is 0 Å². The molecular weight excluding hydrogens is 268 g/mol. The second kappa shape index (κ2) is 6.27. The molecule has 1 unspecified atom stereocenters. The SMILES string of the molecule is CC1CCN(C(=O)CN2CCCC2c2cccs2)CC1. The van der Waals surface area contributed by atoms with Gasteiger partial charge in [0.05, 0.1) is 6.54 Å². The van der Waals surface area contributed by atoms with Gasteiger partial charge in [-0.25, -0.2) is 0 Å². The Kier molecular flexibility index (Phi) is 4.41. The molecule has 1 aromatic rings. The Bertz CT molecular complexity index is 437. The van der Waals surface area contributed by atoms with Crippen LogP contribution in [0, 0.1) is 5.92 Å². The van der Waals surface area contributed by atoms with Crippen molar-refractivity contribution in [2.24, 2.45) is 5.92 Å². The molecule has 0 radical (unpaired) electrons. The van der Waals surface area contributed by atoms with E-state index in [-0.39, 0.29) is 0 Å². The fourth-order valence-corrected chi connectivity index (χ4v) is 4.25. The van der Waals surface area contributed by atoms with E-state index in [0.29, 0.717) is 18.5 Å². The number of nitrogens with zero attached hydrogens (tertiary/aromatic N) is 2. The first-order valence-electron chi connectivity index (χ1n) is 7.79. The number of amides is 1. The molecule has 3 heterocycles. The average molecular weight is 292 g/mol. The molecule has 1 atom stereocenters. The third-order valence-electron chi connectivity index (χ3n) is 4.71. The van der Waals surface area contributed by atoms with Gasteiger partial charge in [0.1, 0.15) is 0 Å². The molecule has 20 heavy (non-hydrogen) atoms. The van der Waals surface area contributed by atoms with Gasteiger partial charge in [0.15, 0.2) is 0 Å². The molecule has 1 aromatic heterocycles. The zero-order valence-corrected chi connectivity index (χ0v) is 13.1. The smallest absolute Gasteiger partial charge is 0.236 e. The van der Waals surface area contributed by atoms with Gasteiger partial charge in [-0.1, -0.05) is 13.0 Å². The summed E-state index contributed by atoms with van der Waals surface area (Å²) in [5.41, 5.74) is 0. The van der Waals surface area contributed by atoms with E-state index in [1.807, 2.05) is 11.3 Å². The number of carbonyl (C=O) groups excluding carboxylic acids is 1. The van der Waals surface area contributed by atoms with E-state index >= 15 is 0 Å². The Morgan fingerprint density at radius 2 is 2.10 bits per heavy atom. The monoisotopic (exact) mass is 292 g/mol. The van der Waals surface area contributed by atoms with Crippen molar-refractivity contribution in [3.63, 3.8) is 0 Å². The van der Waals surface area contributed by atoms with E-state index in [1.54, 1.807) is 0 Å². The molecule has 4 heteroatoms. The number of hydrogen-bond acceptors (Lipinski definition) is 3. The largest absolute Gasteiger partial charge is 0.342 e. The van der Waals surface area contributed by atoms with Gasteiger partial charge < -0.3 is 4.90 Å². The normalized spacial score (nSPS) is 25.2. The molecule has 0 saturated carbocycles. The third-order valence-corrected chi connectivity index (χ3v) is 5.68. The van der Waals surface area contributed by atoms with Gasteiger partial charge in [-0.15, -0.1) is 11.3 Å². The molecule has 2 saturated heterocycles. The highest BCUT2D eigenvalue weighted by Gasteiger charge is 2.30. The molecule has 2 aliphatic rings. The predicted molar refractivity (Wildman–Crippen MR) is 82.8 cm³/mol. The molecule has 2 aliphatic heterocycles. The molecular formula is C16H24N2OS. The Balaban J connectivity index is 1.58. The van der Waals surface area contributed by atoms with Crippen LogP contribution in [0.25, 0.3) is 0 Å². The second-order valence-electron chi connectivity index (χ2n) is 6.21. The number of likely N-dealkylation sites (tertiary alicyclic amines) is 2. The van der Waals surface area contributed by atoms with E-state index in [1.165, 1.54) is 30.6 Å². The van der Waals surface area contributed by atoms with Crippen LogP contribution in [0.1, 0.15) is 43.5 Å².